The second-order valence-corrected chi connectivity index (χ2v) is 2.26. The minimum Gasteiger partial charge on any atom is -0.479 e. The molecule has 0 aliphatic rings. The van der Waals surface area contributed by atoms with E-state index in [-0.39, 0.29) is 0 Å². The van der Waals surface area contributed by atoms with Crippen LogP contribution >= 0.6 is 11.8 Å². The van der Waals surface area contributed by atoms with E-state index in [1.54, 1.807) is 6.20 Å². The summed E-state index contributed by atoms with van der Waals surface area (Å²) in [7, 11) is 1.53. The first-order valence-corrected chi connectivity index (χ1v) is 3.87. The SMILES string of the molecule is COc1cnc(SC)nn1. The van der Waals surface area contributed by atoms with Gasteiger partial charge in [-0.15, -0.1) is 10.2 Å². The van der Waals surface area contributed by atoms with Gasteiger partial charge in [-0.1, -0.05) is 11.8 Å². The van der Waals surface area contributed by atoms with E-state index in [0.29, 0.717) is 11.0 Å². The van der Waals surface area contributed by atoms with Crippen molar-refractivity contribution in [1.29, 1.82) is 0 Å². The van der Waals surface area contributed by atoms with Gasteiger partial charge in [-0.2, -0.15) is 0 Å². The predicted octanol–water partition coefficient (Wildman–Crippen LogP) is 0.602. The Morgan fingerprint density at radius 3 is 2.70 bits per heavy atom. The van der Waals surface area contributed by atoms with Gasteiger partial charge in [0.05, 0.1) is 13.3 Å². The van der Waals surface area contributed by atoms with E-state index < -0.39 is 0 Å². The van der Waals surface area contributed by atoms with Crippen molar-refractivity contribution < 1.29 is 4.74 Å². The number of rotatable bonds is 2. The number of ether oxygens (including phenoxy) is 1. The molecule has 0 radical (unpaired) electrons. The van der Waals surface area contributed by atoms with E-state index in [4.69, 9.17) is 4.74 Å². The van der Waals surface area contributed by atoms with E-state index in [9.17, 15) is 0 Å². The van der Waals surface area contributed by atoms with Crippen LogP contribution in [0.4, 0.5) is 0 Å². The lowest BCUT2D eigenvalue weighted by Gasteiger charge is -1.95. The molecule has 0 aliphatic carbocycles. The molecule has 1 aromatic rings. The highest BCUT2D eigenvalue weighted by Gasteiger charge is 1.94. The summed E-state index contributed by atoms with van der Waals surface area (Å²) in [4.78, 5) is 3.93. The Bertz CT molecular complexity index is 178. The highest BCUT2D eigenvalue weighted by Crippen LogP contribution is 2.07. The molecule has 4 nitrogen and oxygen atoms in total. The van der Waals surface area contributed by atoms with Crippen molar-refractivity contribution in [3.8, 4) is 5.88 Å². The van der Waals surface area contributed by atoms with E-state index >= 15 is 0 Å². The Labute approximate surface area is 63.0 Å². The number of hydrogen-bond acceptors (Lipinski definition) is 5. The van der Waals surface area contributed by atoms with Gasteiger partial charge in [-0.05, 0) is 6.26 Å². The summed E-state index contributed by atoms with van der Waals surface area (Å²) in [6.45, 7) is 0. The summed E-state index contributed by atoms with van der Waals surface area (Å²) in [5.41, 5.74) is 0. The maximum absolute atomic E-state index is 4.77. The molecular weight excluding hydrogens is 150 g/mol. The first-order chi connectivity index (χ1) is 4.86. The molecule has 0 bridgehead atoms. The molecule has 1 aromatic heterocycles. The molecule has 1 heterocycles. The van der Waals surface area contributed by atoms with Crippen molar-refractivity contribution in [2.75, 3.05) is 13.4 Å². The van der Waals surface area contributed by atoms with Crippen LogP contribution in [0.5, 0.6) is 5.88 Å². The van der Waals surface area contributed by atoms with Gasteiger partial charge < -0.3 is 4.74 Å². The molecule has 0 N–H and O–H groups in total. The molecule has 1 rings (SSSR count). The second-order valence-electron chi connectivity index (χ2n) is 1.49. The van der Waals surface area contributed by atoms with Gasteiger partial charge in [0.2, 0.25) is 5.16 Å². The highest BCUT2D eigenvalue weighted by molar-refractivity contribution is 7.98. The van der Waals surface area contributed by atoms with Crippen LogP contribution < -0.4 is 4.74 Å². The maximum atomic E-state index is 4.77. The Hall–Kier alpha value is -0.840. The summed E-state index contributed by atoms with van der Waals surface area (Å²) < 4.78 is 4.77. The zero-order valence-electron chi connectivity index (χ0n) is 5.74. The minimum atomic E-state index is 0.442. The van der Waals surface area contributed by atoms with Gasteiger partial charge in [0.15, 0.2) is 0 Å². The number of methoxy groups -OCH3 is 1. The summed E-state index contributed by atoms with van der Waals surface area (Å²) in [6, 6.07) is 0. The molecule has 5 heteroatoms. The molecule has 0 saturated heterocycles. The molecule has 0 aromatic carbocycles. The van der Waals surface area contributed by atoms with E-state index in [0.717, 1.165) is 0 Å². The van der Waals surface area contributed by atoms with Crippen LogP contribution in [-0.2, 0) is 0 Å². The Morgan fingerprint density at radius 2 is 2.30 bits per heavy atom. The molecule has 0 atom stereocenters. The van der Waals surface area contributed by atoms with Gasteiger partial charge in [-0.3, -0.25) is 0 Å². The van der Waals surface area contributed by atoms with Gasteiger partial charge in [0, 0.05) is 0 Å². The summed E-state index contributed by atoms with van der Waals surface area (Å²) >= 11 is 1.45. The van der Waals surface area contributed by atoms with E-state index in [2.05, 4.69) is 15.2 Å². The zero-order valence-corrected chi connectivity index (χ0v) is 6.55. The fourth-order valence-electron chi connectivity index (χ4n) is 0.441. The van der Waals surface area contributed by atoms with Crippen molar-refractivity contribution >= 4 is 11.8 Å². The highest BCUT2D eigenvalue weighted by atomic mass is 32.2. The molecule has 0 amide bonds. The van der Waals surface area contributed by atoms with Crippen LogP contribution in [0, 0.1) is 0 Å². The standard InChI is InChI=1S/C5H7N3OS/c1-9-4-3-6-5(10-2)8-7-4/h3H,1-2H3. The molecule has 0 fully saturated rings. The Balaban J connectivity index is 2.80. The number of aromatic nitrogens is 3. The maximum Gasteiger partial charge on any atom is 0.251 e. The predicted molar refractivity (Wildman–Crippen MR) is 38.2 cm³/mol. The van der Waals surface area contributed by atoms with Gasteiger partial charge in [0.1, 0.15) is 0 Å². The van der Waals surface area contributed by atoms with Crippen LogP contribution in [0.25, 0.3) is 0 Å². The van der Waals surface area contributed by atoms with Crippen LogP contribution in [0.2, 0.25) is 0 Å². The van der Waals surface area contributed by atoms with E-state index in [1.165, 1.54) is 18.9 Å². The topological polar surface area (TPSA) is 47.9 Å². The molecule has 10 heavy (non-hydrogen) atoms. The Morgan fingerprint density at radius 1 is 1.50 bits per heavy atom. The molecule has 0 aliphatic heterocycles. The number of hydrogen-bond donors (Lipinski definition) is 0. The van der Waals surface area contributed by atoms with E-state index in [1.807, 2.05) is 6.26 Å². The summed E-state index contributed by atoms with van der Waals surface area (Å²) in [5, 5.41) is 8.11. The first kappa shape index (κ1) is 7.27. The number of nitrogens with zero attached hydrogens (tertiary/aromatic N) is 3. The quantitative estimate of drug-likeness (QED) is 0.588. The molecule has 0 spiro atoms. The third-order valence-corrected chi connectivity index (χ3v) is 1.46. The normalized spacial score (nSPS) is 9.40. The van der Waals surface area contributed by atoms with Crippen LogP contribution in [0.3, 0.4) is 0 Å². The van der Waals surface area contributed by atoms with Gasteiger partial charge >= 0.3 is 0 Å². The average molecular weight is 157 g/mol. The summed E-state index contributed by atoms with van der Waals surface area (Å²) in [6.07, 6.45) is 3.43. The third kappa shape index (κ3) is 1.57. The molecule has 0 unspecified atom stereocenters. The zero-order chi connectivity index (χ0) is 7.40. The van der Waals surface area contributed by atoms with Gasteiger partial charge in [0.25, 0.3) is 5.88 Å². The van der Waals surface area contributed by atoms with Crippen LogP contribution in [-0.4, -0.2) is 28.5 Å². The first-order valence-electron chi connectivity index (χ1n) is 2.64. The molecular formula is C5H7N3OS. The lowest BCUT2D eigenvalue weighted by atomic mass is 10.8. The van der Waals surface area contributed by atoms with Crippen molar-refractivity contribution in [2.24, 2.45) is 0 Å². The lowest BCUT2D eigenvalue weighted by molar-refractivity contribution is 0.386. The van der Waals surface area contributed by atoms with Crippen molar-refractivity contribution in [3.63, 3.8) is 0 Å². The largest absolute Gasteiger partial charge is 0.479 e. The summed E-state index contributed by atoms with van der Waals surface area (Å²) in [5.74, 6) is 0.442. The lowest BCUT2D eigenvalue weighted by Crippen LogP contribution is -1.93. The molecule has 0 saturated carbocycles. The van der Waals surface area contributed by atoms with Crippen molar-refractivity contribution in [1.82, 2.24) is 15.2 Å². The number of thioether (sulfide) groups is 1. The van der Waals surface area contributed by atoms with Gasteiger partial charge in [-0.25, -0.2) is 4.98 Å². The second kappa shape index (κ2) is 3.36. The van der Waals surface area contributed by atoms with Crippen LogP contribution in [0.1, 0.15) is 0 Å². The fourth-order valence-corrected chi connectivity index (χ4v) is 0.722. The minimum absolute atomic E-state index is 0.442. The fraction of sp³-hybridized carbons (Fsp3) is 0.400. The average Bonchev–Trinajstić information content (AvgIpc) is 2.05. The van der Waals surface area contributed by atoms with Crippen molar-refractivity contribution in [3.05, 3.63) is 6.20 Å². The monoisotopic (exact) mass is 157 g/mol. The van der Waals surface area contributed by atoms with Crippen LogP contribution in [0.15, 0.2) is 11.4 Å². The van der Waals surface area contributed by atoms with Crippen molar-refractivity contribution in [2.45, 2.75) is 5.16 Å². The Kier molecular flexibility index (Phi) is 2.44. The molecule has 54 valence electrons. The smallest absolute Gasteiger partial charge is 0.251 e. The third-order valence-electron chi connectivity index (χ3n) is 0.911.